The lowest BCUT2D eigenvalue weighted by Crippen LogP contribution is -2.38. The van der Waals surface area contributed by atoms with Crippen LogP contribution in [0.1, 0.15) is 41.7 Å². The molecule has 1 aromatic heterocycles. The molecule has 3 rings (SSSR count). The van der Waals surface area contributed by atoms with E-state index in [0.29, 0.717) is 11.3 Å². The Hall–Kier alpha value is -2.89. The molecule has 0 radical (unpaired) electrons. The fourth-order valence-electron chi connectivity index (χ4n) is 3.30. The minimum atomic E-state index is -0.359. The predicted octanol–water partition coefficient (Wildman–Crippen LogP) is 2.81. The second-order valence-electron chi connectivity index (χ2n) is 6.89. The lowest BCUT2D eigenvalue weighted by Gasteiger charge is -2.21. The Kier molecular flexibility index (Phi) is 6.06. The van der Waals surface area contributed by atoms with Gasteiger partial charge in [-0.25, -0.2) is 0 Å². The molecular weight excluding hydrogens is 342 g/mol. The van der Waals surface area contributed by atoms with Gasteiger partial charge in [-0.1, -0.05) is 31.0 Å². The highest BCUT2D eigenvalue weighted by Crippen LogP contribution is 2.11. The van der Waals surface area contributed by atoms with Crippen LogP contribution in [-0.2, 0) is 11.3 Å². The Morgan fingerprint density at radius 2 is 1.63 bits per heavy atom. The van der Waals surface area contributed by atoms with Crippen LogP contribution >= 0.6 is 0 Å². The van der Waals surface area contributed by atoms with Gasteiger partial charge in [0.25, 0.3) is 11.5 Å². The number of anilines is 1. The van der Waals surface area contributed by atoms with Crippen molar-refractivity contribution in [3.8, 4) is 0 Å². The van der Waals surface area contributed by atoms with Crippen molar-refractivity contribution in [1.29, 1.82) is 0 Å². The molecular formula is C21H25N3O3. The first-order valence-electron chi connectivity index (χ1n) is 9.41. The number of nitrogens with zero attached hydrogens (tertiary/aromatic N) is 2. The number of hydrogen-bond acceptors (Lipinski definition) is 3. The topological polar surface area (TPSA) is 71.4 Å². The van der Waals surface area contributed by atoms with Gasteiger partial charge in [0.05, 0.1) is 0 Å². The Morgan fingerprint density at radius 1 is 0.963 bits per heavy atom. The van der Waals surface area contributed by atoms with Crippen molar-refractivity contribution in [2.45, 2.75) is 39.2 Å². The van der Waals surface area contributed by atoms with Crippen LogP contribution in [0.25, 0.3) is 0 Å². The molecule has 0 atom stereocenters. The summed E-state index contributed by atoms with van der Waals surface area (Å²) in [6, 6.07) is 12.1. The molecule has 2 amide bonds. The van der Waals surface area contributed by atoms with E-state index in [9.17, 15) is 14.4 Å². The minimum Gasteiger partial charge on any atom is -0.341 e. The smallest absolute Gasteiger partial charge is 0.274 e. The van der Waals surface area contributed by atoms with E-state index in [2.05, 4.69) is 5.32 Å². The maximum absolute atomic E-state index is 12.8. The van der Waals surface area contributed by atoms with Gasteiger partial charge in [-0.15, -0.1) is 0 Å². The molecule has 1 aliphatic heterocycles. The number of nitrogens with one attached hydrogen (secondary N) is 1. The number of benzene rings is 1. The van der Waals surface area contributed by atoms with E-state index in [1.165, 1.54) is 4.57 Å². The normalized spacial score (nSPS) is 14.5. The van der Waals surface area contributed by atoms with Gasteiger partial charge in [-0.05, 0) is 44.0 Å². The first-order valence-corrected chi connectivity index (χ1v) is 9.41. The molecule has 0 spiro atoms. The number of amides is 2. The zero-order valence-corrected chi connectivity index (χ0v) is 15.6. The van der Waals surface area contributed by atoms with E-state index in [1.54, 1.807) is 43.3 Å². The first-order chi connectivity index (χ1) is 13.1. The lowest BCUT2D eigenvalue weighted by atomic mass is 10.2. The van der Waals surface area contributed by atoms with Gasteiger partial charge in [-0.2, -0.15) is 0 Å². The molecule has 1 aromatic carbocycles. The molecule has 27 heavy (non-hydrogen) atoms. The molecule has 6 nitrogen and oxygen atoms in total. The summed E-state index contributed by atoms with van der Waals surface area (Å²) >= 11 is 0. The van der Waals surface area contributed by atoms with Gasteiger partial charge in [0.2, 0.25) is 5.91 Å². The van der Waals surface area contributed by atoms with E-state index in [-0.39, 0.29) is 29.6 Å². The van der Waals surface area contributed by atoms with Crippen LogP contribution < -0.4 is 10.9 Å². The molecule has 2 aromatic rings. The van der Waals surface area contributed by atoms with Gasteiger partial charge < -0.3 is 14.8 Å². The Morgan fingerprint density at radius 3 is 2.30 bits per heavy atom. The molecule has 0 bridgehead atoms. The van der Waals surface area contributed by atoms with Crippen LogP contribution in [0.4, 0.5) is 5.69 Å². The summed E-state index contributed by atoms with van der Waals surface area (Å²) in [4.78, 5) is 39.7. The fourth-order valence-corrected chi connectivity index (χ4v) is 3.30. The van der Waals surface area contributed by atoms with E-state index in [4.69, 9.17) is 0 Å². The number of likely N-dealkylation sites (tertiary alicyclic amines) is 1. The highest BCUT2D eigenvalue weighted by Gasteiger charge is 2.18. The SMILES string of the molecule is Cc1ccc(NC(=O)c2ccccc2)c(=O)n1CC(=O)N1CCCCCC1. The quantitative estimate of drug-likeness (QED) is 0.903. The van der Waals surface area contributed by atoms with Crippen molar-refractivity contribution in [2.75, 3.05) is 18.4 Å². The summed E-state index contributed by atoms with van der Waals surface area (Å²) in [6.07, 6.45) is 4.30. The van der Waals surface area contributed by atoms with Crippen LogP contribution in [0, 0.1) is 6.92 Å². The van der Waals surface area contributed by atoms with Crippen molar-refractivity contribution in [3.63, 3.8) is 0 Å². The first kappa shape index (κ1) is 18.9. The third-order valence-electron chi connectivity index (χ3n) is 4.93. The molecule has 0 aliphatic carbocycles. The van der Waals surface area contributed by atoms with Gasteiger partial charge in [0.15, 0.2) is 0 Å². The fraction of sp³-hybridized carbons (Fsp3) is 0.381. The molecule has 142 valence electrons. The molecule has 0 saturated carbocycles. The van der Waals surface area contributed by atoms with Crippen LogP contribution in [0.15, 0.2) is 47.3 Å². The summed E-state index contributed by atoms with van der Waals surface area (Å²) in [5.41, 5.74) is 0.992. The molecule has 1 fully saturated rings. The van der Waals surface area contributed by atoms with E-state index in [0.717, 1.165) is 38.8 Å². The Balaban J connectivity index is 1.78. The van der Waals surface area contributed by atoms with Gasteiger partial charge in [0, 0.05) is 24.3 Å². The molecule has 1 saturated heterocycles. The number of carbonyl (C=O) groups excluding carboxylic acids is 2. The third kappa shape index (κ3) is 4.64. The Labute approximate surface area is 158 Å². The maximum Gasteiger partial charge on any atom is 0.274 e. The number of pyridine rings is 1. The van der Waals surface area contributed by atoms with E-state index < -0.39 is 0 Å². The predicted molar refractivity (Wildman–Crippen MR) is 105 cm³/mol. The van der Waals surface area contributed by atoms with E-state index in [1.807, 2.05) is 11.0 Å². The third-order valence-corrected chi connectivity index (χ3v) is 4.93. The molecule has 6 heteroatoms. The average molecular weight is 367 g/mol. The zero-order valence-electron chi connectivity index (χ0n) is 15.6. The standard InChI is InChI=1S/C21H25N3O3/c1-16-11-12-18(22-20(26)17-9-5-4-6-10-17)21(27)24(16)15-19(25)23-13-7-2-3-8-14-23/h4-6,9-12H,2-3,7-8,13-15H2,1H3,(H,22,26). The highest BCUT2D eigenvalue weighted by atomic mass is 16.2. The second kappa shape index (κ2) is 8.66. The summed E-state index contributed by atoms with van der Waals surface area (Å²) in [6.45, 7) is 3.29. The number of rotatable bonds is 4. The molecule has 0 unspecified atom stereocenters. The van der Waals surface area contributed by atoms with Crippen molar-refractivity contribution in [1.82, 2.24) is 9.47 Å². The maximum atomic E-state index is 12.8. The lowest BCUT2D eigenvalue weighted by molar-refractivity contribution is -0.131. The number of aromatic nitrogens is 1. The number of carbonyl (C=O) groups is 2. The van der Waals surface area contributed by atoms with Crippen molar-refractivity contribution in [3.05, 3.63) is 64.1 Å². The van der Waals surface area contributed by atoms with Crippen molar-refractivity contribution in [2.24, 2.45) is 0 Å². The van der Waals surface area contributed by atoms with Crippen LogP contribution in [0.2, 0.25) is 0 Å². The highest BCUT2D eigenvalue weighted by molar-refractivity contribution is 6.04. The zero-order chi connectivity index (χ0) is 19.2. The molecule has 1 aliphatic rings. The number of aryl methyl sites for hydroxylation is 1. The van der Waals surface area contributed by atoms with Crippen molar-refractivity contribution < 1.29 is 9.59 Å². The van der Waals surface area contributed by atoms with Crippen LogP contribution in [-0.4, -0.2) is 34.4 Å². The monoisotopic (exact) mass is 367 g/mol. The van der Waals surface area contributed by atoms with E-state index >= 15 is 0 Å². The van der Waals surface area contributed by atoms with Gasteiger partial charge in [-0.3, -0.25) is 14.4 Å². The Bertz CT molecular complexity index is 866. The molecule has 2 heterocycles. The van der Waals surface area contributed by atoms with Crippen LogP contribution in [0.3, 0.4) is 0 Å². The average Bonchev–Trinajstić information content (AvgIpc) is 2.97. The largest absolute Gasteiger partial charge is 0.341 e. The van der Waals surface area contributed by atoms with Gasteiger partial charge in [0.1, 0.15) is 12.2 Å². The molecule has 1 N–H and O–H groups in total. The van der Waals surface area contributed by atoms with Crippen molar-refractivity contribution >= 4 is 17.5 Å². The summed E-state index contributed by atoms with van der Waals surface area (Å²) in [5.74, 6) is -0.393. The van der Waals surface area contributed by atoms with Gasteiger partial charge >= 0.3 is 0 Å². The number of hydrogen-bond donors (Lipinski definition) is 1. The summed E-state index contributed by atoms with van der Waals surface area (Å²) in [7, 11) is 0. The van der Waals surface area contributed by atoms with Crippen LogP contribution in [0.5, 0.6) is 0 Å². The minimum absolute atomic E-state index is 0.000284. The second-order valence-corrected chi connectivity index (χ2v) is 6.89. The summed E-state index contributed by atoms with van der Waals surface area (Å²) in [5, 5.41) is 2.66. The summed E-state index contributed by atoms with van der Waals surface area (Å²) < 4.78 is 1.44.